The largest absolute Gasteiger partial charge is 0.389 e. The number of benzene rings is 1. The number of pyridine rings is 1. The van der Waals surface area contributed by atoms with Crippen LogP contribution in [0.1, 0.15) is 13.8 Å². The fourth-order valence-corrected chi connectivity index (χ4v) is 2.81. The van der Waals surface area contributed by atoms with Crippen molar-refractivity contribution in [2.45, 2.75) is 19.4 Å². The first-order valence-corrected chi connectivity index (χ1v) is 8.18. The zero-order chi connectivity index (χ0) is 18.3. The Bertz CT molecular complexity index is 1090. The van der Waals surface area contributed by atoms with Gasteiger partial charge in [0.2, 0.25) is 0 Å². The van der Waals surface area contributed by atoms with Gasteiger partial charge in [0.05, 0.1) is 27.8 Å². The maximum Gasteiger partial charge on any atom is 0.340 e. The average Bonchev–Trinajstić information content (AvgIpc) is 3.21. The summed E-state index contributed by atoms with van der Waals surface area (Å²) in [4.78, 5) is 25.2. The number of H-pyrrole nitrogens is 1. The van der Waals surface area contributed by atoms with Crippen LogP contribution in [-0.4, -0.2) is 48.0 Å². The normalized spacial score (nSPS) is 12.0. The van der Waals surface area contributed by atoms with Crippen LogP contribution in [0.5, 0.6) is 0 Å². The number of aromatic amines is 1. The molecule has 3 aromatic heterocycles. The van der Waals surface area contributed by atoms with Crippen molar-refractivity contribution in [1.29, 1.82) is 0 Å². The smallest absolute Gasteiger partial charge is 0.340 e. The molecule has 1 aromatic carbocycles. The first-order valence-electron chi connectivity index (χ1n) is 8.18. The molecule has 0 aliphatic carbocycles. The van der Waals surface area contributed by atoms with Gasteiger partial charge in [0.25, 0.3) is 0 Å². The number of carbonyl (C=O) groups is 1. The molecule has 0 atom stereocenters. The summed E-state index contributed by atoms with van der Waals surface area (Å²) in [6.45, 7) is 3.40. The maximum atomic E-state index is 12.7. The Morgan fingerprint density at radius 2 is 1.92 bits per heavy atom. The molecular weight excluding hydrogens is 332 g/mol. The minimum Gasteiger partial charge on any atom is -0.389 e. The van der Waals surface area contributed by atoms with E-state index in [2.05, 4.69) is 25.4 Å². The molecule has 0 aliphatic rings. The Kier molecular flexibility index (Phi) is 3.69. The second-order valence-corrected chi connectivity index (χ2v) is 6.76. The maximum absolute atomic E-state index is 12.7. The number of amides is 1. The third-order valence-electron chi connectivity index (χ3n) is 4.06. The molecular formula is C18H18N6O2. The SMILES string of the molecule is CC(C)(O)CNC(=O)n1[nH]c(-c2ccncc2)c2cc3ncnc3cc21. The van der Waals surface area contributed by atoms with Crippen LogP contribution in [0.4, 0.5) is 4.79 Å². The number of fused-ring (bicyclic) bond motifs is 2. The highest BCUT2D eigenvalue weighted by Gasteiger charge is 2.19. The number of aromatic nitrogens is 5. The molecule has 3 heterocycles. The molecule has 0 unspecified atom stereocenters. The van der Waals surface area contributed by atoms with Crippen molar-refractivity contribution in [3.8, 4) is 11.3 Å². The third-order valence-corrected chi connectivity index (χ3v) is 4.06. The lowest BCUT2D eigenvalue weighted by molar-refractivity contribution is 0.0819. The topological polar surface area (TPSA) is 109 Å². The Hall–Kier alpha value is -3.26. The highest BCUT2D eigenvalue weighted by atomic mass is 16.3. The van der Waals surface area contributed by atoms with Gasteiger partial charge in [0.1, 0.15) is 6.33 Å². The van der Waals surface area contributed by atoms with Crippen LogP contribution in [0.15, 0.2) is 43.0 Å². The lowest BCUT2D eigenvalue weighted by Gasteiger charge is -2.17. The summed E-state index contributed by atoms with van der Waals surface area (Å²) in [7, 11) is 0. The predicted octanol–water partition coefficient (Wildman–Crippen LogP) is 2.30. The second kappa shape index (κ2) is 5.92. The van der Waals surface area contributed by atoms with Crippen LogP contribution in [0, 0.1) is 0 Å². The number of carbonyl (C=O) groups excluding carboxylic acids is 1. The van der Waals surface area contributed by atoms with Crippen molar-refractivity contribution in [2.24, 2.45) is 0 Å². The molecule has 0 spiro atoms. The Labute approximate surface area is 148 Å². The second-order valence-electron chi connectivity index (χ2n) is 6.76. The summed E-state index contributed by atoms with van der Waals surface area (Å²) in [5, 5.41) is 16.6. The minimum absolute atomic E-state index is 0.127. The van der Waals surface area contributed by atoms with Crippen LogP contribution in [0.2, 0.25) is 0 Å². The number of hydrogen-bond acceptors (Lipinski definition) is 5. The number of nitrogens with zero attached hydrogens (tertiary/aromatic N) is 4. The van der Waals surface area contributed by atoms with Crippen LogP contribution < -0.4 is 5.32 Å². The van der Waals surface area contributed by atoms with Gasteiger partial charge in [-0.2, -0.15) is 0 Å². The van der Waals surface area contributed by atoms with Crippen LogP contribution in [0.25, 0.3) is 33.2 Å². The standard InChI is InChI=1S/C18H18N6O2/c1-18(2,26)9-20-17(25)24-15-8-14-13(21-10-22-14)7-12(15)16(23-24)11-3-5-19-6-4-11/h3-8,10,23,26H,9H2,1-2H3,(H,20,25). The summed E-state index contributed by atoms with van der Waals surface area (Å²) in [6.07, 6.45) is 4.89. The monoisotopic (exact) mass is 350 g/mol. The molecule has 8 nitrogen and oxygen atoms in total. The molecule has 0 radical (unpaired) electrons. The van der Waals surface area contributed by atoms with Crippen LogP contribution in [0.3, 0.4) is 0 Å². The summed E-state index contributed by atoms with van der Waals surface area (Å²) < 4.78 is 1.42. The Morgan fingerprint density at radius 3 is 2.62 bits per heavy atom. The number of hydrogen-bond donors (Lipinski definition) is 3. The number of aliphatic hydroxyl groups is 1. The van der Waals surface area contributed by atoms with E-state index in [4.69, 9.17) is 0 Å². The molecule has 26 heavy (non-hydrogen) atoms. The van der Waals surface area contributed by atoms with Gasteiger partial charge in [-0.3, -0.25) is 10.1 Å². The van der Waals surface area contributed by atoms with Crippen molar-refractivity contribution in [2.75, 3.05) is 6.54 Å². The van der Waals surface area contributed by atoms with E-state index < -0.39 is 5.60 Å². The average molecular weight is 350 g/mol. The molecule has 0 saturated heterocycles. The lowest BCUT2D eigenvalue weighted by Crippen LogP contribution is -2.40. The van der Waals surface area contributed by atoms with Gasteiger partial charge in [-0.1, -0.05) is 0 Å². The summed E-state index contributed by atoms with van der Waals surface area (Å²) >= 11 is 0. The molecule has 132 valence electrons. The number of rotatable bonds is 3. The van der Waals surface area contributed by atoms with Gasteiger partial charge < -0.3 is 10.4 Å². The quantitative estimate of drug-likeness (QED) is 0.525. The van der Waals surface area contributed by atoms with Crippen molar-refractivity contribution < 1.29 is 9.90 Å². The van der Waals surface area contributed by atoms with Gasteiger partial charge in [0, 0.05) is 29.9 Å². The van der Waals surface area contributed by atoms with Crippen molar-refractivity contribution >= 4 is 28.0 Å². The highest BCUT2D eigenvalue weighted by molar-refractivity contribution is 6.04. The number of nitrogens with one attached hydrogen (secondary N) is 2. The van der Waals surface area contributed by atoms with Gasteiger partial charge in [-0.25, -0.2) is 19.4 Å². The van der Waals surface area contributed by atoms with Gasteiger partial charge in [0.15, 0.2) is 0 Å². The molecule has 0 saturated carbocycles. The molecule has 0 bridgehead atoms. The van der Waals surface area contributed by atoms with E-state index in [0.29, 0.717) is 11.0 Å². The van der Waals surface area contributed by atoms with Gasteiger partial charge in [-0.05, 0) is 38.1 Å². The molecule has 0 fully saturated rings. The van der Waals surface area contributed by atoms with Gasteiger partial charge in [-0.15, -0.1) is 0 Å². The van der Waals surface area contributed by atoms with Crippen LogP contribution >= 0.6 is 0 Å². The summed E-state index contributed by atoms with van der Waals surface area (Å²) in [6, 6.07) is 7.10. The molecule has 4 rings (SSSR count). The Morgan fingerprint density at radius 1 is 1.23 bits per heavy atom. The van der Waals surface area contributed by atoms with E-state index in [1.165, 1.54) is 11.0 Å². The van der Waals surface area contributed by atoms with Crippen molar-refractivity contribution in [1.82, 2.24) is 30.0 Å². The van der Waals surface area contributed by atoms with E-state index in [0.717, 1.165) is 22.2 Å². The fourth-order valence-electron chi connectivity index (χ4n) is 2.81. The lowest BCUT2D eigenvalue weighted by atomic mass is 10.1. The third kappa shape index (κ3) is 2.91. The molecule has 0 aliphatic heterocycles. The van der Waals surface area contributed by atoms with Crippen molar-refractivity contribution in [3.63, 3.8) is 0 Å². The van der Waals surface area contributed by atoms with E-state index in [-0.39, 0.29) is 12.6 Å². The van der Waals surface area contributed by atoms with E-state index in [1.807, 2.05) is 24.3 Å². The molecule has 3 N–H and O–H groups in total. The minimum atomic E-state index is -1.00. The van der Waals surface area contributed by atoms with Gasteiger partial charge >= 0.3 is 6.03 Å². The first kappa shape index (κ1) is 16.2. The molecule has 8 heteroatoms. The fraction of sp³-hybridized carbons (Fsp3) is 0.222. The van der Waals surface area contributed by atoms with Crippen LogP contribution in [-0.2, 0) is 0 Å². The molecule has 1 amide bonds. The van der Waals surface area contributed by atoms with E-state index in [9.17, 15) is 9.90 Å². The van der Waals surface area contributed by atoms with Crippen molar-refractivity contribution in [3.05, 3.63) is 43.0 Å². The molecule has 4 aromatic rings. The Balaban J connectivity index is 1.88. The summed E-state index contributed by atoms with van der Waals surface area (Å²) in [5.41, 5.74) is 2.83. The zero-order valence-corrected chi connectivity index (χ0v) is 14.4. The van der Waals surface area contributed by atoms with E-state index in [1.54, 1.807) is 26.2 Å². The van der Waals surface area contributed by atoms with E-state index >= 15 is 0 Å². The first-order chi connectivity index (χ1) is 12.4. The number of imidazole rings is 1. The highest BCUT2D eigenvalue weighted by Crippen LogP contribution is 2.30. The zero-order valence-electron chi connectivity index (χ0n) is 14.4. The summed E-state index contributed by atoms with van der Waals surface area (Å²) in [5.74, 6) is 0. The predicted molar refractivity (Wildman–Crippen MR) is 97.7 cm³/mol.